The molecule has 6 heteroatoms. The van der Waals surface area contributed by atoms with Gasteiger partial charge in [-0.25, -0.2) is 0 Å². The summed E-state index contributed by atoms with van der Waals surface area (Å²) in [6.07, 6.45) is 0. The van der Waals surface area contributed by atoms with Crippen molar-refractivity contribution < 1.29 is 19.0 Å². The second-order valence-corrected chi connectivity index (χ2v) is 6.59. The molecule has 1 aliphatic heterocycles. The molecule has 1 atom stereocenters. The van der Waals surface area contributed by atoms with Crippen LogP contribution in [0.15, 0.2) is 48.5 Å². The Kier molecular flexibility index (Phi) is 6.54. The Balaban J connectivity index is 1.42. The predicted molar refractivity (Wildman–Crippen MR) is 103 cm³/mol. The molecule has 0 radical (unpaired) electrons. The lowest BCUT2D eigenvalue weighted by molar-refractivity contribution is -0.122. The van der Waals surface area contributed by atoms with Crippen LogP contribution in [0.5, 0.6) is 17.2 Å². The van der Waals surface area contributed by atoms with Gasteiger partial charge in [-0.2, -0.15) is 0 Å². The predicted octanol–water partition coefficient (Wildman–Crippen LogP) is 2.65. The summed E-state index contributed by atoms with van der Waals surface area (Å²) in [4.78, 5) is 14.2. The standard InChI is InChI=1S/C21H26N2O4/c1-16(17-8-9-19-20(14-17)27-13-12-26-19)22-21(24)15-23(2)10-11-25-18-6-4-3-5-7-18/h3-9,14,16H,10-13,15H2,1-2H3,(H,22,24)/t16-/m1/s1. The fourth-order valence-corrected chi connectivity index (χ4v) is 2.86. The highest BCUT2D eigenvalue weighted by molar-refractivity contribution is 5.78. The van der Waals surface area contributed by atoms with Crippen LogP contribution in [0.3, 0.4) is 0 Å². The molecule has 0 aromatic heterocycles. The van der Waals surface area contributed by atoms with Crippen molar-refractivity contribution in [1.82, 2.24) is 10.2 Å². The first kappa shape index (κ1) is 19.0. The number of hydrogen-bond donors (Lipinski definition) is 1. The number of nitrogens with zero attached hydrogens (tertiary/aromatic N) is 1. The fraction of sp³-hybridized carbons (Fsp3) is 0.381. The summed E-state index contributed by atoms with van der Waals surface area (Å²) in [6.45, 7) is 4.59. The first-order valence-electron chi connectivity index (χ1n) is 9.17. The highest BCUT2D eigenvalue weighted by Gasteiger charge is 2.16. The highest BCUT2D eigenvalue weighted by Crippen LogP contribution is 2.32. The molecular weight excluding hydrogens is 344 g/mol. The molecule has 0 unspecified atom stereocenters. The third-order valence-electron chi connectivity index (χ3n) is 4.34. The number of carbonyl (C=O) groups excluding carboxylic acids is 1. The van der Waals surface area contributed by atoms with E-state index in [4.69, 9.17) is 14.2 Å². The van der Waals surface area contributed by atoms with Crippen molar-refractivity contribution in [1.29, 1.82) is 0 Å². The number of para-hydroxylation sites is 1. The van der Waals surface area contributed by atoms with Gasteiger partial charge in [0, 0.05) is 6.54 Å². The monoisotopic (exact) mass is 370 g/mol. The lowest BCUT2D eigenvalue weighted by Crippen LogP contribution is -2.38. The largest absolute Gasteiger partial charge is 0.492 e. The Morgan fingerprint density at radius 2 is 1.89 bits per heavy atom. The van der Waals surface area contributed by atoms with E-state index < -0.39 is 0 Å². The number of rotatable bonds is 8. The summed E-state index contributed by atoms with van der Waals surface area (Å²) < 4.78 is 16.8. The number of nitrogens with one attached hydrogen (secondary N) is 1. The van der Waals surface area contributed by atoms with Crippen LogP contribution >= 0.6 is 0 Å². The fourth-order valence-electron chi connectivity index (χ4n) is 2.86. The number of likely N-dealkylation sites (N-methyl/N-ethyl adjacent to an activating group) is 1. The van der Waals surface area contributed by atoms with E-state index in [1.807, 2.05) is 67.4 Å². The van der Waals surface area contributed by atoms with Crippen molar-refractivity contribution in [2.24, 2.45) is 0 Å². The smallest absolute Gasteiger partial charge is 0.234 e. The zero-order valence-electron chi connectivity index (χ0n) is 15.8. The zero-order chi connectivity index (χ0) is 19.1. The molecule has 1 aliphatic rings. The summed E-state index contributed by atoms with van der Waals surface area (Å²) in [6, 6.07) is 15.3. The van der Waals surface area contributed by atoms with Crippen LogP contribution in [0.25, 0.3) is 0 Å². The maximum absolute atomic E-state index is 12.3. The third kappa shape index (κ3) is 5.62. The van der Waals surface area contributed by atoms with Crippen molar-refractivity contribution in [3.63, 3.8) is 0 Å². The molecule has 1 N–H and O–H groups in total. The molecular formula is C21H26N2O4. The van der Waals surface area contributed by atoms with E-state index >= 15 is 0 Å². The van der Waals surface area contributed by atoms with Crippen molar-refractivity contribution in [2.45, 2.75) is 13.0 Å². The van der Waals surface area contributed by atoms with Crippen LogP contribution in [-0.2, 0) is 4.79 Å². The van der Waals surface area contributed by atoms with Crippen LogP contribution in [0.1, 0.15) is 18.5 Å². The molecule has 2 aromatic carbocycles. The van der Waals surface area contributed by atoms with Crippen LogP contribution in [0, 0.1) is 0 Å². The van der Waals surface area contributed by atoms with Crippen molar-refractivity contribution in [2.75, 3.05) is 40.0 Å². The Labute approximate surface area is 160 Å². The molecule has 0 spiro atoms. The summed E-state index contributed by atoms with van der Waals surface area (Å²) in [5, 5.41) is 3.02. The molecule has 6 nitrogen and oxygen atoms in total. The van der Waals surface area contributed by atoms with Gasteiger partial charge in [-0.05, 0) is 43.8 Å². The second-order valence-electron chi connectivity index (χ2n) is 6.59. The molecule has 3 rings (SSSR count). The Morgan fingerprint density at radius 1 is 1.15 bits per heavy atom. The highest BCUT2D eigenvalue weighted by atomic mass is 16.6. The molecule has 0 bridgehead atoms. The normalized spacial score (nSPS) is 13.9. The van der Waals surface area contributed by atoms with E-state index in [0.717, 1.165) is 22.8 Å². The SMILES string of the molecule is C[C@@H](NC(=O)CN(C)CCOc1ccccc1)c1ccc2c(c1)OCCO2. The number of carbonyl (C=O) groups is 1. The number of amides is 1. The average molecular weight is 370 g/mol. The summed E-state index contributed by atoms with van der Waals surface area (Å²) in [5.41, 5.74) is 0.989. The minimum atomic E-state index is -0.109. The lowest BCUT2D eigenvalue weighted by atomic mass is 10.1. The van der Waals surface area contributed by atoms with Crippen molar-refractivity contribution in [3.05, 3.63) is 54.1 Å². The van der Waals surface area contributed by atoms with Crippen LogP contribution in [-0.4, -0.2) is 50.8 Å². The van der Waals surface area contributed by atoms with E-state index in [-0.39, 0.29) is 11.9 Å². The summed E-state index contributed by atoms with van der Waals surface area (Å²) in [5.74, 6) is 2.29. The van der Waals surface area contributed by atoms with E-state index in [1.54, 1.807) is 0 Å². The average Bonchev–Trinajstić information content (AvgIpc) is 2.68. The van der Waals surface area contributed by atoms with Crippen molar-refractivity contribution >= 4 is 5.91 Å². The van der Waals surface area contributed by atoms with Gasteiger partial charge in [-0.1, -0.05) is 24.3 Å². The van der Waals surface area contributed by atoms with E-state index in [1.165, 1.54) is 0 Å². The number of fused-ring (bicyclic) bond motifs is 1. The van der Waals surface area contributed by atoms with Crippen LogP contribution in [0.2, 0.25) is 0 Å². The number of benzene rings is 2. The quantitative estimate of drug-likeness (QED) is 0.774. The first-order valence-corrected chi connectivity index (χ1v) is 9.17. The molecule has 27 heavy (non-hydrogen) atoms. The van der Waals surface area contributed by atoms with Crippen LogP contribution in [0.4, 0.5) is 0 Å². The van der Waals surface area contributed by atoms with Gasteiger partial charge >= 0.3 is 0 Å². The minimum absolute atomic E-state index is 0.0281. The Morgan fingerprint density at radius 3 is 2.67 bits per heavy atom. The maximum atomic E-state index is 12.3. The van der Waals surface area contributed by atoms with Gasteiger partial charge in [-0.15, -0.1) is 0 Å². The van der Waals surface area contributed by atoms with Gasteiger partial charge < -0.3 is 19.5 Å². The van der Waals surface area contributed by atoms with Gasteiger partial charge in [0.05, 0.1) is 12.6 Å². The van der Waals surface area contributed by atoms with Crippen LogP contribution < -0.4 is 19.5 Å². The molecule has 0 saturated heterocycles. The summed E-state index contributed by atoms with van der Waals surface area (Å²) in [7, 11) is 1.91. The zero-order valence-corrected chi connectivity index (χ0v) is 15.8. The molecule has 0 fully saturated rings. The second kappa shape index (κ2) is 9.28. The molecule has 1 heterocycles. The maximum Gasteiger partial charge on any atom is 0.234 e. The van der Waals surface area contributed by atoms with E-state index in [9.17, 15) is 4.79 Å². The molecule has 1 amide bonds. The molecule has 2 aromatic rings. The lowest BCUT2D eigenvalue weighted by Gasteiger charge is -2.22. The van der Waals surface area contributed by atoms with Gasteiger partial charge in [0.25, 0.3) is 0 Å². The topological polar surface area (TPSA) is 60.0 Å². The van der Waals surface area contributed by atoms with E-state index in [2.05, 4.69) is 5.32 Å². The van der Waals surface area contributed by atoms with Gasteiger partial charge in [0.2, 0.25) is 5.91 Å². The molecule has 0 aliphatic carbocycles. The number of hydrogen-bond acceptors (Lipinski definition) is 5. The minimum Gasteiger partial charge on any atom is -0.492 e. The third-order valence-corrected chi connectivity index (χ3v) is 4.34. The van der Waals surface area contributed by atoms with Gasteiger partial charge in [0.1, 0.15) is 25.6 Å². The molecule has 144 valence electrons. The Bertz CT molecular complexity index is 751. The number of ether oxygens (including phenoxy) is 3. The molecule has 0 saturated carbocycles. The summed E-state index contributed by atoms with van der Waals surface area (Å²) >= 11 is 0. The van der Waals surface area contributed by atoms with Crippen molar-refractivity contribution in [3.8, 4) is 17.2 Å². The van der Waals surface area contributed by atoms with E-state index in [0.29, 0.717) is 32.9 Å². The van der Waals surface area contributed by atoms with Gasteiger partial charge in [-0.3, -0.25) is 9.69 Å². The first-order chi connectivity index (χ1) is 13.1. The van der Waals surface area contributed by atoms with Gasteiger partial charge in [0.15, 0.2) is 11.5 Å². The Hall–Kier alpha value is -2.73.